The van der Waals surface area contributed by atoms with Gasteiger partial charge in [-0.05, 0) is 53.4 Å². The molecule has 1 saturated heterocycles. The molecule has 0 radical (unpaired) electrons. The summed E-state index contributed by atoms with van der Waals surface area (Å²) in [5.74, 6) is -1.96. The summed E-state index contributed by atoms with van der Waals surface area (Å²) in [4.78, 5) is 76.1. The van der Waals surface area contributed by atoms with Gasteiger partial charge in [-0.1, -0.05) is 167 Å². The van der Waals surface area contributed by atoms with E-state index in [2.05, 4.69) is 17.6 Å². The third-order valence-electron chi connectivity index (χ3n) is 10.8. The number of unbranched alkanes of at least 4 members (excludes halogenated alkanes) is 12. The van der Waals surface area contributed by atoms with E-state index in [0.717, 1.165) is 29.8 Å². The molecule has 5 aromatic rings. The van der Waals surface area contributed by atoms with E-state index in [1.165, 1.54) is 67.4 Å². The van der Waals surface area contributed by atoms with Crippen molar-refractivity contribution in [1.82, 2.24) is 19.6 Å². The van der Waals surface area contributed by atoms with Gasteiger partial charge in [-0.15, -0.1) is 0 Å². The number of hydrogen-bond donors (Lipinski definition) is 2. The molecule has 0 aliphatic carbocycles. The number of nitrogens with zero attached hydrogens (tertiary/aromatic N) is 5. The average Bonchev–Trinajstić information content (AvgIpc) is 3.52. The van der Waals surface area contributed by atoms with Crippen LogP contribution < -0.4 is 16.2 Å². The summed E-state index contributed by atoms with van der Waals surface area (Å²) in [6.45, 7) is 1.99. The molecule has 1 atom stereocenters. The smallest absolute Gasteiger partial charge is 0.311 e. The number of hydrogen-bond acceptors (Lipinski definition) is 6. The molecule has 4 aromatic carbocycles. The molecular formula is C47H55ClN7O5+. The van der Waals surface area contributed by atoms with Crippen LogP contribution in [0.25, 0.3) is 16.6 Å². The number of nitrogens with one attached hydrogen (secondary N) is 2. The minimum Gasteiger partial charge on any atom is -0.324 e. The van der Waals surface area contributed by atoms with Crippen molar-refractivity contribution in [3.05, 3.63) is 135 Å². The largest absolute Gasteiger partial charge is 0.324 e. The van der Waals surface area contributed by atoms with Crippen molar-refractivity contribution < 1.29 is 19.4 Å². The Morgan fingerprint density at radius 2 is 1.30 bits per heavy atom. The molecule has 2 N–H and O–H groups in total. The van der Waals surface area contributed by atoms with Crippen molar-refractivity contribution in [1.29, 1.82) is 0 Å². The van der Waals surface area contributed by atoms with Crippen LogP contribution in [-0.4, -0.2) is 48.8 Å². The van der Waals surface area contributed by atoms with Crippen LogP contribution in [0.1, 0.15) is 114 Å². The van der Waals surface area contributed by atoms with E-state index >= 15 is 0 Å². The predicted octanol–water partition coefficient (Wildman–Crippen LogP) is 10.1. The lowest BCUT2D eigenvalue weighted by Crippen LogP contribution is -2.46. The molecule has 2 heterocycles. The molecule has 314 valence electrons. The molecule has 3 amide bonds. The highest BCUT2D eigenvalue weighted by Gasteiger charge is 2.54. The molecule has 0 spiro atoms. The van der Waals surface area contributed by atoms with Gasteiger partial charge in [-0.25, -0.2) is 4.98 Å². The van der Waals surface area contributed by atoms with E-state index < -0.39 is 23.4 Å². The zero-order valence-electron chi connectivity index (χ0n) is 34.4. The standard InChI is InChI=1S/C47H54ClN7O5/c1-2-3-4-5-6-7-8-9-10-11-12-13-20-32-41(56)49-40-31-23-28-37-43(40)51-45(53(47(37)59)36-26-18-15-19-27-36)44(46(58)50-39-30-22-21-29-38(39)48)54-42(57)34-52(55(54)60)33-35-24-16-14-17-25-35/h14-19,21-31,44H,2-13,20,32-34H2,1H3,(H-,49,50,56,58)/p+1. The molecule has 0 bridgehead atoms. The van der Waals surface area contributed by atoms with Crippen LogP contribution in [0.2, 0.25) is 5.02 Å². The summed E-state index contributed by atoms with van der Waals surface area (Å²) in [6.07, 6.45) is 15.8. The first-order chi connectivity index (χ1) is 29.3. The fourth-order valence-electron chi connectivity index (χ4n) is 7.63. The number of carbonyl (C=O) groups excluding carboxylic acids is 3. The first-order valence-corrected chi connectivity index (χ1v) is 21.7. The van der Waals surface area contributed by atoms with Crippen molar-refractivity contribution in [2.75, 3.05) is 17.2 Å². The molecule has 6 rings (SSSR count). The minimum absolute atomic E-state index is 0.0809. The van der Waals surface area contributed by atoms with Crippen LogP contribution >= 0.6 is 11.6 Å². The van der Waals surface area contributed by atoms with Crippen LogP contribution in [0.15, 0.2) is 108 Å². The van der Waals surface area contributed by atoms with E-state index in [4.69, 9.17) is 16.6 Å². The lowest BCUT2D eigenvalue weighted by Gasteiger charge is -2.23. The second-order valence-corrected chi connectivity index (χ2v) is 15.8. The van der Waals surface area contributed by atoms with E-state index in [1.54, 1.807) is 72.8 Å². The first-order valence-electron chi connectivity index (χ1n) is 21.3. The highest BCUT2D eigenvalue weighted by atomic mass is 35.5. The minimum atomic E-state index is -1.76. The third kappa shape index (κ3) is 11.2. The predicted molar refractivity (Wildman–Crippen MR) is 236 cm³/mol. The zero-order valence-corrected chi connectivity index (χ0v) is 35.1. The molecule has 60 heavy (non-hydrogen) atoms. The third-order valence-corrected chi connectivity index (χ3v) is 11.1. The van der Waals surface area contributed by atoms with E-state index in [9.17, 15) is 24.1 Å². The summed E-state index contributed by atoms with van der Waals surface area (Å²) in [5, 5.41) is 8.16. The number of rotatable bonds is 22. The number of hydrazine groups is 2. The Balaban J connectivity index is 1.27. The highest BCUT2D eigenvalue weighted by Crippen LogP contribution is 2.32. The molecule has 0 saturated carbocycles. The molecule has 1 aromatic heterocycles. The van der Waals surface area contributed by atoms with Crippen LogP contribution in [0.3, 0.4) is 0 Å². The van der Waals surface area contributed by atoms with Gasteiger partial charge in [0.1, 0.15) is 12.1 Å². The lowest BCUT2D eigenvalue weighted by molar-refractivity contribution is -0.804. The first kappa shape index (κ1) is 43.7. The van der Waals surface area contributed by atoms with Crippen molar-refractivity contribution in [3.63, 3.8) is 0 Å². The summed E-state index contributed by atoms with van der Waals surface area (Å²) < 4.78 is 1.24. The molecule has 13 heteroatoms. The van der Waals surface area contributed by atoms with Crippen molar-refractivity contribution in [2.45, 2.75) is 109 Å². The average molecular weight is 833 g/mol. The Morgan fingerprint density at radius 3 is 1.95 bits per heavy atom. The van der Waals surface area contributed by atoms with Crippen molar-refractivity contribution >= 4 is 51.6 Å². The van der Waals surface area contributed by atoms with Crippen molar-refractivity contribution in [2.24, 2.45) is 0 Å². The maximum Gasteiger partial charge on any atom is 0.311 e. The number of para-hydroxylation sites is 3. The SMILES string of the molecule is CCCCCCCCCCCCCCCC(=O)Nc1cccc2c(=O)n(-c3ccccc3)c(C(C(=O)Nc3ccccc3Cl)N3C(=O)CN(Cc4ccccc4)[N+]3=O)nc12. The number of benzene rings is 4. The van der Waals surface area contributed by atoms with Crippen LogP contribution in [-0.2, 0) is 20.9 Å². The maximum absolute atomic E-state index is 14.7. The molecule has 1 fully saturated rings. The van der Waals surface area contributed by atoms with Gasteiger partial charge < -0.3 is 10.6 Å². The number of aromatic nitrogens is 2. The Labute approximate surface area is 356 Å². The number of anilines is 2. The normalized spacial score (nSPS) is 13.2. The van der Waals surface area contributed by atoms with Gasteiger partial charge in [0.2, 0.25) is 11.9 Å². The number of amides is 3. The van der Waals surface area contributed by atoms with E-state index in [1.807, 2.05) is 30.3 Å². The van der Waals surface area contributed by atoms with Gasteiger partial charge in [-0.2, -0.15) is 0 Å². The second-order valence-electron chi connectivity index (χ2n) is 15.4. The monoisotopic (exact) mass is 832 g/mol. The molecule has 1 aliphatic rings. The van der Waals surface area contributed by atoms with Gasteiger partial charge >= 0.3 is 5.91 Å². The molecular weight excluding hydrogens is 778 g/mol. The maximum atomic E-state index is 14.7. The second kappa shape index (κ2) is 21.9. The Kier molecular flexibility index (Phi) is 16.0. The van der Waals surface area contributed by atoms with Crippen molar-refractivity contribution in [3.8, 4) is 5.69 Å². The fraction of sp³-hybridized carbons (Fsp3) is 0.383. The molecule has 1 aliphatic heterocycles. The number of carbonyl (C=O) groups is 3. The lowest BCUT2D eigenvalue weighted by atomic mass is 10.0. The number of fused-ring (bicyclic) bond motifs is 1. The number of halogens is 1. The fourth-order valence-corrected chi connectivity index (χ4v) is 7.81. The van der Waals surface area contributed by atoms with Crippen LogP contribution in [0.5, 0.6) is 0 Å². The molecule has 1 unspecified atom stereocenters. The van der Waals surface area contributed by atoms with Crippen LogP contribution in [0.4, 0.5) is 11.4 Å². The number of nitroso groups, excluding NO2 is 1. The quantitative estimate of drug-likeness (QED) is 0.0523. The Bertz CT molecular complexity index is 2300. The van der Waals surface area contributed by atoms with Gasteiger partial charge in [0.15, 0.2) is 12.4 Å². The van der Waals surface area contributed by atoms with E-state index in [0.29, 0.717) is 17.1 Å². The highest BCUT2D eigenvalue weighted by molar-refractivity contribution is 6.33. The summed E-state index contributed by atoms with van der Waals surface area (Å²) in [6, 6.07) is 27.4. The van der Waals surface area contributed by atoms with Crippen LogP contribution in [0, 0.1) is 4.91 Å². The molecule has 12 nitrogen and oxygen atoms in total. The zero-order chi connectivity index (χ0) is 42.3. The Morgan fingerprint density at radius 1 is 0.717 bits per heavy atom. The van der Waals surface area contributed by atoms with E-state index in [-0.39, 0.29) is 58.5 Å². The summed E-state index contributed by atoms with van der Waals surface area (Å²) >= 11 is 6.46. The van der Waals surface area contributed by atoms with Gasteiger partial charge in [-0.3, -0.25) is 23.7 Å². The van der Waals surface area contributed by atoms with Gasteiger partial charge in [0.05, 0.1) is 32.4 Å². The topological polar surface area (TPSA) is 137 Å². The Hall–Kier alpha value is -5.88. The van der Waals surface area contributed by atoms with Gasteiger partial charge in [0, 0.05) is 6.42 Å². The van der Waals surface area contributed by atoms with Gasteiger partial charge in [0.25, 0.3) is 16.4 Å². The summed E-state index contributed by atoms with van der Waals surface area (Å²) in [7, 11) is 0. The summed E-state index contributed by atoms with van der Waals surface area (Å²) in [5.41, 5.74) is 1.18.